The lowest BCUT2D eigenvalue weighted by Crippen LogP contribution is -2.53. The zero-order valence-electron chi connectivity index (χ0n) is 12.3. The Bertz CT molecular complexity index is 771. The number of rotatable bonds is 1. The molecule has 1 aliphatic heterocycles. The van der Waals surface area contributed by atoms with Crippen LogP contribution in [0.5, 0.6) is 0 Å². The number of anilines is 3. The molecule has 2 atom stereocenters. The number of aromatic nitrogens is 2. The van der Waals surface area contributed by atoms with Gasteiger partial charge in [0, 0.05) is 11.6 Å². The largest absolute Gasteiger partial charge is 0.369 e. The Morgan fingerprint density at radius 2 is 1.95 bits per heavy atom. The van der Waals surface area contributed by atoms with Gasteiger partial charge in [0.25, 0.3) is 11.5 Å². The number of hydrogen-bond acceptors (Lipinski definition) is 5. The molecule has 1 amide bonds. The van der Waals surface area contributed by atoms with Crippen LogP contribution in [0.25, 0.3) is 0 Å². The molecule has 4 N–H and O–H groups in total. The molecule has 2 aromatic rings. The maximum absolute atomic E-state index is 12.8. The van der Waals surface area contributed by atoms with E-state index in [1.165, 1.54) is 4.90 Å². The van der Waals surface area contributed by atoms with Crippen molar-refractivity contribution in [3.63, 3.8) is 0 Å². The van der Waals surface area contributed by atoms with E-state index in [1.54, 1.807) is 24.3 Å². The Morgan fingerprint density at radius 3 is 2.64 bits per heavy atom. The molecular formula is C15H17N5O2. The summed E-state index contributed by atoms with van der Waals surface area (Å²) in [4.78, 5) is 33.1. The minimum absolute atomic E-state index is 0.0186. The summed E-state index contributed by atoms with van der Waals surface area (Å²) in [7, 11) is 0. The normalized spacial score (nSPS) is 20.2. The number of nitrogens with two attached hydrogens (primary N) is 1. The molecule has 2 heterocycles. The van der Waals surface area contributed by atoms with E-state index in [0.29, 0.717) is 11.4 Å². The van der Waals surface area contributed by atoms with Gasteiger partial charge in [0.15, 0.2) is 11.5 Å². The number of fused-ring (bicyclic) bond motifs is 1. The van der Waals surface area contributed by atoms with Crippen LogP contribution in [0.4, 0.5) is 17.5 Å². The topological polar surface area (TPSA) is 104 Å². The SMILES string of the molecule is C[C@@H]1Nc2nc(N)[nH]c(=O)c2N(C(=O)c2ccccc2)[C@@H]1C. The van der Waals surface area contributed by atoms with Crippen LogP contribution in [-0.4, -0.2) is 28.0 Å². The van der Waals surface area contributed by atoms with E-state index in [-0.39, 0.29) is 29.6 Å². The molecule has 0 unspecified atom stereocenters. The fraction of sp³-hybridized carbons (Fsp3) is 0.267. The molecule has 0 spiro atoms. The summed E-state index contributed by atoms with van der Waals surface area (Å²) in [6, 6.07) is 8.59. The van der Waals surface area contributed by atoms with Crippen molar-refractivity contribution >= 4 is 23.4 Å². The van der Waals surface area contributed by atoms with E-state index >= 15 is 0 Å². The van der Waals surface area contributed by atoms with Gasteiger partial charge in [0.05, 0.1) is 6.04 Å². The monoisotopic (exact) mass is 299 g/mol. The smallest absolute Gasteiger partial charge is 0.278 e. The molecule has 114 valence electrons. The van der Waals surface area contributed by atoms with Crippen molar-refractivity contribution in [2.45, 2.75) is 25.9 Å². The summed E-state index contributed by atoms with van der Waals surface area (Å²) in [6.45, 7) is 3.81. The number of carbonyl (C=O) groups excluding carboxylic acids is 1. The molecule has 1 aromatic heterocycles. The summed E-state index contributed by atoms with van der Waals surface area (Å²) in [5.74, 6) is 0.112. The number of H-pyrrole nitrogens is 1. The van der Waals surface area contributed by atoms with Gasteiger partial charge in [-0.3, -0.25) is 19.5 Å². The van der Waals surface area contributed by atoms with E-state index in [9.17, 15) is 9.59 Å². The quantitative estimate of drug-likeness (QED) is 0.734. The average Bonchev–Trinajstić information content (AvgIpc) is 2.49. The van der Waals surface area contributed by atoms with E-state index < -0.39 is 5.56 Å². The van der Waals surface area contributed by atoms with Crippen molar-refractivity contribution in [2.75, 3.05) is 16.0 Å². The van der Waals surface area contributed by atoms with Gasteiger partial charge in [-0.1, -0.05) is 18.2 Å². The molecule has 0 fully saturated rings. The number of nitrogen functional groups attached to an aromatic ring is 1. The Labute approximate surface area is 127 Å². The van der Waals surface area contributed by atoms with Crippen molar-refractivity contribution in [3.8, 4) is 0 Å². The number of amides is 1. The van der Waals surface area contributed by atoms with Crippen LogP contribution in [0, 0.1) is 0 Å². The van der Waals surface area contributed by atoms with Gasteiger partial charge in [0.1, 0.15) is 0 Å². The number of nitrogens with one attached hydrogen (secondary N) is 2. The van der Waals surface area contributed by atoms with Crippen LogP contribution in [0.15, 0.2) is 35.1 Å². The Morgan fingerprint density at radius 1 is 1.27 bits per heavy atom. The number of benzene rings is 1. The van der Waals surface area contributed by atoms with Crippen molar-refractivity contribution in [2.24, 2.45) is 0 Å². The highest BCUT2D eigenvalue weighted by atomic mass is 16.2. The van der Waals surface area contributed by atoms with Crippen LogP contribution in [-0.2, 0) is 0 Å². The molecular weight excluding hydrogens is 282 g/mol. The minimum Gasteiger partial charge on any atom is -0.369 e. The fourth-order valence-electron chi connectivity index (χ4n) is 2.58. The second kappa shape index (κ2) is 5.18. The number of hydrogen-bond donors (Lipinski definition) is 3. The maximum atomic E-state index is 12.8. The van der Waals surface area contributed by atoms with Gasteiger partial charge in [-0.05, 0) is 26.0 Å². The second-order valence-electron chi connectivity index (χ2n) is 5.36. The summed E-state index contributed by atoms with van der Waals surface area (Å²) in [6.07, 6.45) is 0. The highest BCUT2D eigenvalue weighted by Gasteiger charge is 2.36. The Hall–Kier alpha value is -2.83. The number of nitrogens with zero attached hydrogens (tertiary/aromatic N) is 2. The zero-order chi connectivity index (χ0) is 15.9. The predicted octanol–water partition coefficient (Wildman–Crippen LogP) is 1.20. The van der Waals surface area contributed by atoms with Gasteiger partial charge in [-0.25, -0.2) is 0 Å². The lowest BCUT2D eigenvalue weighted by Gasteiger charge is -2.38. The molecule has 1 aromatic carbocycles. The average molecular weight is 299 g/mol. The Balaban J connectivity index is 2.15. The molecule has 0 saturated heterocycles. The van der Waals surface area contributed by atoms with Gasteiger partial charge in [-0.2, -0.15) is 4.98 Å². The molecule has 0 radical (unpaired) electrons. The summed E-state index contributed by atoms with van der Waals surface area (Å²) in [5, 5.41) is 3.12. The maximum Gasteiger partial charge on any atom is 0.278 e. The van der Waals surface area contributed by atoms with Crippen LogP contribution in [0.2, 0.25) is 0 Å². The van der Waals surface area contributed by atoms with Crippen LogP contribution >= 0.6 is 0 Å². The minimum atomic E-state index is -0.432. The molecule has 0 bridgehead atoms. The third-order valence-corrected chi connectivity index (χ3v) is 3.89. The van der Waals surface area contributed by atoms with E-state index in [1.807, 2.05) is 19.9 Å². The third-order valence-electron chi connectivity index (χ3n) is 3.89. The van der Waals surface area contributed by atoms with Crippen molar-refractivity contribution in [3.05, 3.63) is 46.2 Å². The third kappa shape index (κ3) is 2.20. The standard InChI is InChI=1S/C15H17N5O2/c1-8-9(2)20(14(22)10-6-4-3-5-7-10)11-12(17-8)18-15(16)19-13(11)21/h3-9H,1-2H3,(H4,16,17,18,19,21)/t8-,9+/m0/s1. The van der Waals surface area contributed by atoms with Crippen molar-refractivity contribution in [1.82, 2.24) is 9.97 Å². The van der Waals surface area contributed by atoms with Crippen LogP contribution in [0.3, 0.4) is 0 Å². The van der Waals surface area contributed by atoms with Gasteiger partial charge in [-0.15, -0.1) is 0 Å². The fourth-order valence-corrected chi connectivity index (χ4v) is 2.58. The summed E-state index contributed by atoms with van der Waals surface area (Å²) in [5.41, 5.74) is 5.87. The summed E-state index contributed by atoms with van der Waals surface area (Å²) >= 11 is 0. The van der Waals surface area contributed by atoms with Crippen LogP contribution < -0.4 is 21.5 Å². The summed E-state index contributed by atoms with van der Waals surface area (Å²) < 4.78 is 0. The predicted molar refractivity (Wildman–Crippen MR) is 85.1 cm³/mol. The zero-order valence-corrected chi connectivity index (χ0v) is 12.3. The second-order valence-corrected chi connectivity index (χ2v) is 5.36. The lowest BCUT2D eigenvalue weighted by molar-refractivity contribution is 0.0974. The van der Waals surface area contributed by atoms with Crippen LogP contribution in [0.1, 0.15) is 24.2 Å². The first-order valence-electron chi connectivity index (χ1n) is 7.04. The molecule has 7 nitrogen and oxygen atoms in total. The lowest BCUT2D eigenvalue weighted by atomic mass is 10.0. The number of carbonyl (C=O) groups is 1. The van der Waals surface area contributed by atoms with E-state index in [0.717, 1.165) is 0 Å². The number of aromatic amines is 1. The van der Waals surface area contributed by atoms with E-state index in [2.05, 4.69) is 15.3 Å². The first-order chi connectivity index (χ1) is 10.5. The molecule has 0 aliphatic carbocycles. The Kier molecular flexibility index (Phi) is 3.32. The van der Waals surface area contributed by atoms with Gasteiger partial charge < -0.3 is 11.1 Å². The van der Waals surface area contributed by atoms with Crippen molar-refractivity contribution < 1.29 is 4.79 Å². The first kappa shape index (κ1) is 14.1. The van der Waals surface area contributed by atoms with Crippen molar-refractivity contribution in [1.29, 1.82) is 0 Å². The molecule has 1 aliphatic rings. The highest BCUT2D eigenvalue weighted by molar-refractivity contribution is 6.08. The molecule has 7 heteroatoms. The molecule has 3 rings (SSSR count). The van der Waals surface area contributed by atoms with E-state index in [4.69, 9.17) is 5.73 Å². The molecule has 22 heavy (non-hydrogen) atoms. The highest BCUT2D eigenvalue weighted by Crippen LogP contribution is 2.30. The van der Waals surface area contributed by atoms with Gasteiger partial charge >= 0.3 is 0 Å². The molecule has 0 saturated carbocycles. The first-order valence-corrected chi connectivity index (χ1v) is 7.04. The van der Waals surface area contributed by atoms with Gasteiger partial charge in [0.2, 0.25) is 5.95 Å².